The molecule has 6 rings (SSSR count). The summed E-state index contributed by atoms with van der Waals surface area (Å²) in [6, 6.07) is 55.0. The van der Waals surface area contributed by atoms with Gasteiger partial charge in [-0.15, -0.1) is 0 Å². The van der Waals surface area contributed by atoms with Crippen molar-refractivity contribution in [2.45, 2.75) is 13.8 Å². The number of ether oxygens (including phenoxy) is 1. The number of carbonyl (C=O) groups is 1. The third-order valence-corrected chi connectivity index (χ3v) is 7.96. The van der Waals surface area contributed by atoms with E-state index in [9.17, 15) is 4.79 Å². The minimum Gasteiger partial charge on any atom is -0.462 e. The second kappa shape index (κ2) is 15.9. The van der Waals surface area contributed by atoms with E-state index in [2.05, 4.69) is 127 Å². The molecule has 0 radical (unpaired) electrons. The van der Waals surface area contributed by atoms with Crippen molar-refractivity contribution < 1.29 is 19.1 Å². The summed E-state index contributed by atoms with van der Waals surface area (Å²) in [7, 11) is 0. The average molecular weight is 607 g/mol. The Labute approximate surface area is 272 Å². The number of hydrogen-bond acceptors (Lipinski definition) is 4. The Morgan fingerprint density at radius 2 is 1.00 bits per heavy atom. The van der Waals surface area contributed by atoms with E-state index in [4.69, 9.17) is 9.57 Å². The van der Waals surface area contributed by atoms with Crippen LogP contribution in [-0.4, -0.2) is 25.3 Å². The number of aromatic nitrogens is 1. The Bertz CT molecular complexity index is 1620. The molecular weight excluding hydrogens is 567 g/mol. The number of esters is 1. The molecule has 0 aliphatic rings. The third-order valence-electron chi connectivity index (χ3n) is 7.96. The number of carbonyl (C=O) groups excluding carboxylic acids is 1. The molecular formula is C40H39BN2O3. The van der Waals surface area contributed by atoms with Gasteiger partial charge in [0.15, 0.2) is 12.2 Å². The molecule has 46 heavy (non-hydrogen) atoms. The van der Waals surface area contributed by atoms with Crippen molar-refractivity contribution in [3.63, 3.8) is 0 Å². The Hall–Kier alpha value is -5.62. The first-order chi connectivity index (χ1) is 22.7. The maximum Gasteiger partial charge on any atom is 0.346 e. The van der Waals surface area contributed by atoms with Crippen LogP contribution in [0.15, 0.2) is 170 Å². The zero-order valence-electron chi connectivity index (χ0n) is 26.3. The van der Waals surface area contributed by atoms with Crippen LogP contribution in [0.5, 0.6) is 0 Å². The molecule has 0 saturated carbocycles. The number of benzene rings is 5. The minimum absolute atomic E-state index is 0.327. The number of nitrogens with zero attached hydrogens (tertiary/aromatic N) is 1. The van der Waals surface area contributed by atoms with Crippen LogP contribution in [0.3, 0.4) is 0 Å². The second-order valence-corrected chi connectivity index (χ2v) is 10.8. The highest BCUT2D eigenvalue weighted by atomic mass is 16.7. The third kappa shape index (κ3) is 7.36. The van der Waals surface area contributed by atoms with Gasteiger partial charge in [0.25, 0.3) is 0 Å². The summed E-state index contributed by atoms with van der Waals surface area (Å²) in [6.07, 6.45) is 2.15. The van der Waals surface area contributed by atoms with Crippen molar-refractivity contribution >= 4 is 45.3 Å². The standard InChI is InChI=1S/C24H20B.C16H18N2O3/c1-5-13-21(14-6-1)25(22-15-7-2-8-16-22,23-17-9-3-10-18-23)24-19-11-4-12-20-24;1-3-20-16(19)14-12-18(21-4-2)11-10-15(14)17-13-8-6-5-7-9-13/h1-20H;5-12H,3-4H2,1-2H3/q-1;/p+1. The van der Waals surface area contributed by atoms with Gasteiger partial charge in [-0.3, -0.25) is 4.84 Å². The van der Waals surface area contributed by atoms with Crippen molar-refractivity contribution in [1.29, 1.82) is 0 Å². The van der Waals surface area contributed by atoms with E-state index in [1.54, 1.807) is 25.4 Å². The molecule has 5 nitrogen and oxygen atoms in total. The van der Waals surface area contributed by atoms with E-state index in [1.807, 2.05) is 37.3 Å². The number of nitrogens with one attached hydrogen (secondary N) is 1. The first-order valence-electron chi connectivity index (χ1n) is 15.7. The quantitative estimate of drug-likeness (QED) is 0.129. The lowest BCUT2D eigenvalue weighted by Gasteiger charge is -2.44. The van der Waals surface area contributed by atoms with Gasteiger partial charge in [-0.25, -0.2) is 4.79 Å². The van der Waals surface area contributed by atoms with E-state index in [0.717, 1.165) is 5.69 Å². The van der Waals surface area contributed by atoms with Crippen LogP contribution in [-0.2, 0) is 4.74 Å². The summed E-state index contributed by atoms with van der Waals surface area (Å²) in [4.78, 5) is 17.4. The van der Waals surface area contributed by atoms with Gasteiger partial charge in [-0.05, 0) is 26.0 Å². The molecule has 1 aromatic heterocycles. The van der Waals surface area contributed by atoms with Gasteiger partial charge in [0.1, 0.15) is 6.15 Å². The zero-order valence-corrected chi connectivity index (χ0v) is 26.3. The van der Waals surface area contributed by atoms with Crippen molar-refractivity contribution in [3.05, 3.63) is 176 Å². The van der Waals surface area contributed by atoms with Crippen molar-refractivity contribution in [2.24, 2.45) is 0 Å². The maximum absolute atomic E-state index is 12.1. The van der Waals surface area contributed by atoms with Gasteiger partial charge in [0.05, 0.1) is 12.3 Å². The molecule has 0 fully saturated rings. The summed E-state index contributed by atoms with van der Waals surface area (Å²) >= 11 is 0. The Morgan fingerprint density at radius 3 is 1.39 bits per heavy atom. The highest BCUT2D eigenvalue weighted by Gasteiger charge is 2.31. The van der Waals surface area contributed by atoms with Crippen LogP contribution >= 0.6 is 0 Å². The van der Waals surface area contributed by atoms with Crippen molar-refractivity contribution in [1.82, 2.24) is 0 Å². The predicted octanol–water partition coefficient (Wildman–Crippen LogP) is 5.41. The molecule has 1 N–H and O–H groups in total. The van der Waals surface area contributed by atoms with Crippen LogP contribution in [0.1, 0.15) is 24.2 Å². The second-order valence-electron chi connectivity index (χ2n) is 10.8. The Balaban J connectivity index is 0.000000184. The zero-order chi connectivity index (χ0) is 32.0. The topological polar surface area (TPSA) is 51.4 Å². The van der Waals surface area contributed by atoms with E-state index in [0.29, 0.717) is 24.5 Å². The highest BCUT2D eigenvalue weighted by molar-refractivity contribution is 7.19. The van der Waals surface area contributed by atoms with Gasteiger partial charge in [0, 0.05) is 16.5 Å². The first-order valence-corrected chi connectivity index (χ1v) is 15.7. The summed E-state index contributed by atoms with van der Waals surface area (Å²) in [5.74, 6) is -0.384. The fourth-order valence-corrected chi connectivity index (χ4v) is 5.99. The average Bonchev–Trinajstić information content (AvgIpc) is 3.12. The fourth-order valence-electron chi connectivity index (χ4n) is 5.99. The monoisotopic (exact) mass is 606 g/mol. The van der Waals surface area contributed by atoms with Gasteiger partial charge >= 0.3 is 5.97 Å². The highest BCUT2D eigenvalue weighted by Crippen LogP contribution is 2.20. The number of pyridine rings is 1. The van der Waals surface area contributed by atoms with E-state index < -0.39 is 6.15 Å². The van der Waals surface area contributed by atoms with Crippen LogP contribution in [0.25, 0.3) is 0 Å². The van der Waals surface area contributed by atoms with Gasteiger partial charge in [-0.1, -0.05) is 140 Å². The largest absolute Gasteiger partial charge is 0.462 e. The van der Waals surface area contributed by atoms with Gasteiger partial charge < -0.3 is 10.1 Å². The van der Waals surface area contributed by atoms with E-state index in [1.165, 1.54) is 26.6 Å². The van der Waals surface area contributed by atoms with E-state index >= 15 is 0 Å². The molecule has 0 bridgehead atoms. The number of hydrogen-bond donors (Lipinski definition) is 1. The smallest absolute Gasteiger partial charge is 0.346 e. The lowest BCUT2D eigenvalue weighted by atomic mass is 9.13. The molecule has 5 aromatic carbocycles. The van der Waals surface area contributed by atoms with E-state index in [-0.39, 0.29) is 5.97 Å². The molecule has 230 valence electrons. The lowest BCUT2D eigenvalue weighted by Crippen LogP contribution is -2.74. The Morgan fingerprint density at radius 1 is 0.587 bits per heavy atom. The van der Waals surface area contributed by atoms with Crippen LogP contribution in [0, 0.1) is 0 Å². The van der Waals surface area contributed by atoms with Gasteiger partial charge in [-0.2, -0.15) is 21.9 Å². The molecule has 0 amide bonds. The van der Waals surface area contributed by atoms with Crippen molar-refractivity contribution in [2.75, 3.05) is 18.5 Å². The molecule has 0 saturated heterocycles. The molecule has 1 heterocycles. The fraction of sp³-hybridized carbons (Fsp3) is 0.100. The summed E-state index contributed by atoms with van der Waals surface area (Å²) in [6.45, 7) is 4.50. The molecule has 0 unspecified atom stereocenters. The van der Waals surface area contributed by atoms with Crippen molar-refractivity contribution in [3.8, 4) is 0 Å². The molecule has 0 aliphatic carbocycles. The molecule has 6 heteroatoms. The SMILES string of the molecule is CCOC(=O)c1c[n+](OCC)ccc1Nc1ccccc1.c1ccc([B-](c2ccccc2)(c2ccccc2)c2ccccc2)cc1. The minimum atomic E-state index is -1.22. The van der Waals surface area contributed by atoms with Gasteiger partial charge in [0.2, 0.25) is 12.4 Å². The van der Waals surface area contributed by atoms with Crippen LogP contribution in [0.2, 0.25) is 0 Å². The maximum atomic E-state index is 12.1. The number of anilines is 2. The normalized spacial score (nSPS) is 10.7. The summed E-state index contributed by atoms with van der Waals surface area (Å²) in [5.41, 5.74) is 7.36. The lowest BCUT2D eigenvalue weighted by molar-refractivity contribution is -0.890. The summed E-state index contributed by atoms with van der Waals surface area (Å²) in [5, 5.41) is 3.21. The molecule has 0 atom stereocenters. The number of para-hydroxylation sites is 1. The summed E-state index contributed by atoms with van der Waals surface area (Å²) < 4.78 is 6.59. The molecule has 0 aliphatic heterocycles. The van der Waals surface area contributed by atoms with Crippen LogP contribution < -0.4 is 36.7 Å². The first kappa shape index (κ1) is 31.8. The predicted molar refractivity (Wildman–Crippen MR) is 189 cm³/mol. The number of rotatable bonds is 10. The molecule has 0 spiro atoms. The Kier molecular flexibility index (Phi) is 11.0. The van der Waals surface area contributed by atoms with Crippen LogP contribution in [0.4, 0.5) is 11.4 Å². The molecule has 6 aromatic rings.